The van der Waals surface area contributed by atoms with E-state index in [-0.39, 0.29) is 15.7 Å². The van der Waals surface area contributed by atoms with Gasteiger partial charge in [0.2, 0.25) is 6.04 Å². The number of nitro groups is 1. The van der Waals surface area contributed by atoms with Crippen molar-refractivity contribution in [2.75, 3.05) is 0 Å². The average molecular weight is 389 g/mol. The molecular formula is C17H15N3O6S. The highest BCUT2D eigenvalue weighted by Crippen LogP contribution is 2.24. The zero-order valence-electron chi connectivity index (χ0n) is 13.8. The molecule has 0 amide bonds. The second kappa shape index (κ2) is 7.08. The van der Waals surface area contributed by atoms with Crippen LogP contribution in [0.15, 0.2) is 65.7 Å². The molecule has 0 radical (unpaired) electrons. The van der Waals surface area contributed by atoms with Gasteiger partial charge >= 0.3 is 16.0 Å². The first-order chi connectivity index (χ1) is 12.8. The number of aliphatic carboxylic acids is 1. The van der Waals surface area contributed by atoms with Gasteiger partial charge < -0.3 is 10.1 Å². The summed E-state index contributed by atoms with van der Waals surface area (Å²) < 4.78 is 25.3. The molecule has 1 heterocycles. The van der Waals surface area contributed by atoms with E-state index in [4.69, 9.17) is 0 Å². The van der Waals surface area contributed by atoms with E-state index in [1.54, 1.807) is 30.3 Å². The van der Waals surface area contributed by atoms with Gasteiger partial charge in [-0.15, -0.1) is 0 Å². The maximum atomic E-state index is 12.7. The fraction of sp³-hybridized carbons (Fsp3) is 0.118. The summed E-state index contributed by atoms with van der Waals surface area (Å²) in [6, 6.07) is 11.8. The lowest BCUT2D eigenvalue weighted by molar-refractivity contribution is -0.625. The van der Waals surface area contributed by atoms with Crippen LogP contribution in [-0.2, 0) is 21.2 Å². The van der Waals surface area contributed by atoms with Crippen molar-refractivity contribution in [1.29, 1.82) is 0 Å². The second-order valence-corrected chi connectivity index (χ2v) is 7.54. The molecule has 0 saturated heterocycles. The molecule has 10 heteroatoms. The number of para-hydroxylation sites is 1. The molecule has 0 aliphatic heterocycles. The summed E-state index contributed by atoms with van der Waals surface area (Å²) in [5, 5.41) is 20.6. The Balaban J connectivity index is 2.05. The van der Waals surface area contributed by atoms with Crippen LogP contribution in [-0.4, -0.2) is 40.0 Å². The molecule has 27 heavy (non-hydrogen) atoms. The van der Waals surface area contributed by atoms with Gasteiger partial charge in [0.25, 0.3) is 0 Å². The summed E-state index contributed by atoms with van der Waals surface area (Å²) in [6.45, 7) is 0. The van der Waals surface area contributed by atoms with Crippen molar-refractivity contribution in [3.63, 3.8) is 0 Å². The highest BCUT2D eigenvalue weighted by molar-refractivity contribution is 7.89. The Labute approximate surface area is 154 Å². The number of nitrogens with one attached hydrogen (secondary N) is 1. The zero-order chi connectivity index (χ0) is 19.6. The molecular weight excluding hydrogens is 374 g/mol. The third-order valence-electron chi connectivity index (χ3n) is 4.09. The van der Waals surface area contributed by atoms with Crippen molar-refractivity contribution >= 4 is 26.9 Å². The Bertz CT molecular complexity index is 1090. The van der Waals surface area contributed by atoms with Crippen molar-refractivity contribution in [1.82, 2.24) is 9.40 Å². The lowest BCUT2D eigenvalue weighted by Gasteiger charge is -2.20. The van der Waals surface area contributed by atoms with Gasteiger partial charge in [0.15, 0.2) is 5.03 Å². The largest absolute Gasteiger partial charge is 0.480 e. The molecule has 0 spiro atoms. The van der Waals surface area contributed by atoms with Gasteiger partial charge in [0.05, 0.1) is 4.90 Å². The first kappa shape index (κ1) is 18.4. The van der Waals surface area contributed by atoms with E-state index in [0.29, 0.717) is 10.9 Å². The maximum Gasteiger partial charge on any atom is 0.334 e. The number of nitrogens with zero attached hydrogens (tertiary/aromatic N) is 2. The summed E-state index contributed by atoms with van der Waals surface area (Å²) in [7, 11) is -4.66. The molecule has 140 valence electrons. The number of fused-ring (bicyclic) bond motifs is 1. The van der Waals surface area contributed by atoms with Crippen LogP contribution in [0, 0.1) is 10.1 Å². The summed E-state index contributed by atoms with van der Waals surface area (Å²) in [5.41, 5.74) is 1.18. The number of aromatic amines is 1. The van der Waals surface area contributed by atoms with Gasteiger partial charge in [0, 0.05) is 27.9 Å². The smallest absolute Gasteiger partial charge is 0.334 e. The maximum absolute atomic E-state index is 12.7. The van der Waals surface area contributed by atoms with Crippen LogP contribution in [0.5, 0.6) is 0 Å². The molecule has 1 atom stereocenters. The molecule has 0 aliphatic rings. The number of sulfonamides is 1. The number of carboxylic acids is 1. The van der Waals surface area contributed by atoms with Crippen LogP contribution in [0.2, 0.25) is 0 Å². The Hall–Kier alpha value is -3.40. The lowest BCUT2D eigenvalue weighted by atomic mass is 10.1. The first-order valence-corrected chi connectivity index (χ1v) is 9.28. The Morgan fingerprint density at radius 3 is 2.41 bits per heavy atom. The van der Waals surface area contributed by atoms with E-state index in [0.717, 1.165) is 5.52 Å². The molecule has 1 unspecified atom stereocenters. The van der Waals surface area contributed by atoms with Crippen molar-refractivity contribution < 1.29 is 23.4 Å². The van der Waals surface area contributed by atoms with Crippen LogP contribution in [0.1, 0.15) is 5.56 Å². The Morgan fingerprint density at radius 2 is 1.78 bits per heavy atom. The summed E-state index contributed by atoms with van der Waals surface area (Å²) >= 11 is 0. The minimum atomic E-state index is -4.66. The number of carboxylic acid groups (broad SMARTS) is 1. The molecule has 3 rings (SSSR count). The molecule has 0 aliphatic carbocycles. The third-order valence-corrected chi connectivity index (χ3v) is 5.84. The molecule has 2 aromatic carbocycles. The standard InChI is InChI=1S/C17H15N3O6S/c21-17(22)16(10-12-11-18-15-9-5-4-8-14(12)15)19(20(23)24)27(25,26)13-6-2-1-3-7-13/h1-9,11,16,18H,10H2,(H,21,22). The SMILES string of the molecule is O=C(O)C(Cc1c[nH]c2ccccc12)N([N+](=O)[O-])S(=O)(=O)c1ccccc1. The molecule has 0 fully saturated rings. The van der Waals surface area contributed by atoms with Crippen LogP contribution in [0.4, 0.5) is 0 Å². The topological polar surface area (TPSA) is 134 Å². The van der Waals surface area contributed by atoms with Gasteiger partial charge in [0.1, 0.15) is 0 Å². The molecule has 9 nitrogen and oxygen atoms in total. The molecule has 3 aromatic rings. The molecule has 1 aromatic heterocycles. The lowest BCUT2D eigenvalue weighted by Crippen LogP contribution is -2.49. The molecule has 2 N–H and O–H groups in total. The first-order valence-electron chi connectivity index (χ1n) is 7.84. The van der Waals surface area contributed by atoms with E-state index >= 15 is 0 Å². The van der Waals surface area contributed by atoms with Gasteiger partial charge in [-0.05, 0) is 23.8 Å². The van der Waals surface area contributed by atoms with Crippen LogP contribution < -0.4 is 0 Å². The Morgan fingerprint density at radius 1 is 1.15 bits per heavy atom. The fourth-order valence-corrected chi connectivity index (χ4v) is 4.23. The quantitative estimate of drug-likeness (QED) is 0.469. The fourth-order valence-electron chi connectivity index (χ4n) is 2.84. The van der Waals surface area contributed by atoms with Crippen LogP contribution >= 0.6 is 0 Å². The van der Waals surface area contributed by atoms with Gasteiger partial charge in [-0.25, -0.2) is 14.9 Å². The monoisotopic (exact) mass is 389 g/mol. The number of aromatic nitrogens is 1. The van der Waals surface area contributed by atoms with Crippen molar-refractivity contribution in [3.8, 4) is 0 Å². The minimum Gasteiger partial charge on any atom is -0.480 e. The summed E-state index contributed by atoms with van der Waals surface area (Å²) in [5.74, 6) is -1.61. The third kappa shape index (κ3) is 3.47. The van der Waals surface area contributed by atoms with Crippen LogP contribution in [0.25, 0.3) is 10.9 Å². The summed E-state index contributed by atoms with van der Waals surface area (Å²) in [4.78, 5) is 25.9. The highest BCUT2D eigenvalue weighted by atomic mass is 32.2. The van der Waals surface area contributed by atoms with Crippen molar-refractivity contribution in [2.24, 2.45) is 0 Å². The number of carbonyl (C=O) groups is 1. The minimum absolute atomic E-state index is 0.188. The van der Waals surface area contributed by atoms with E-state index in [2.05, 4.69) is 4.98 Å². The second-order valence-electron chi connectivity index (χ2n) is 5.75. The predicted molar refractivity (Wildman–Crippen MR) is 95.9 cm³/mol. The average Bonchev–Trinajstić information content (AvgIpc) is 3.04. The van der Waals surface area contributed by atoms with E-state index in [1.165, 1.54) is 30.5 Å². The zero-order valence-corrected chi connectivity index (χ0v) is 14.7. The number of benzene rings is 2. The number of hydrogen-bond donors (Lipinski definition) is 2. The van der Waals surface area contributed by atoms with Gasteiger partial charge in [-0.2, -0.15) is 8.42 Å². The van der Waals surface area contributed by atoms with Crippen molar-refractivity contribution in [3.05, 3.63) is 76.5 Å². The van der Waals surface area contributed by atoms with Crippen LogP contribution in [0.3, 0.4) is 0 Å². The number of hydrazine groups is 1. The number of H-pyrrole nitrogens is 1. The Kier molecular flexibility index (Phi) is 4.82. The van der Waals surface area contributed by atoms with E-state index in [9.17, 15) is 28.4 Å². The van der Waals surface area contributed by atoms with E-state index < -0.39 is 27.1 Å². The highest BCUT2D eigenvalue weighted by Gasteiger charge is 2.44. The normalized spacial score (nSPS) is 12.6. The van der Waals surface area contributed by atoms with Gasteiger partial charge in [-0.3, -0.25) is 0 Å². The number of rotatable bonds is 7. The molecule has 0 saturated carbocycles. The van der Waals surface area contributed by atoms with Crippen molar-refractivity contribution in [2.45, 2.75) is 17.4 Å². The summed E-state index contributed by atoms with van der Waals surface area (Å²) in [6.07, 6.45) is 1.15. The molecule has 0 bridgehead atoms. The number of hydrogen-bond acceptors (Lipinski definition) is 5. The predicted octanol–water partition coefficient (Wildman–Crippen LogP) is 2.05. The van der Waals surface area contributed by atoms with E-state index in [1.807, 2.05) is 0 Å². The van der Waals surface area contributed by atoms with Gasteiger partial charge in [-0.1, -0.05) is 36.4 Å².